The summed E-state index contributed by atoms with van der Waals surface area (Å²) in [6, 6.07) is 14.8. The van der Waals surface area contributed by atoms with Crippen LogP contribution in [0.3, 0.4) is 0 Å². The van der Waals surface area contributed by atoms with Crippen LogP contribution in [0.5, 0.6) is 11.6 Å². The van der Waals surface area contributed by atoms with E-state index in [1.165, 1.54) is 7.11 Å². The van der Waals surface area contributed by atoms with Gasteiger partial charge >= 0.3 is 5.97 Å². The van der Waals surface area contributed by atoms with Gasteiger partial charge in [-0.3, -0.25) is 4.79 Å². The number of benzene rings is 2. The number of rotatable bonds is 10. The number of carboxylic acids is 1. The Kier molecular flexibility index (Phi) is 8.59. The molecular formula is C30H36FNO5. The normalized spacial score (nSPS) is 12.8. The van der Waals surface area contributed by atoms with E-state index in [1.54, 1.807) is 13.2 Å². The molecular weight excluding hydrogens is 473 g/mol. The highest BCUT2D eigenvalue weighted by Gasteiger charge is 2.30. The minimum atomic E-state index is -0.848. The number of pyridine rings is 1. The van der Waals surface area contributed by atoms with E-state index in [2.05, 4.69) is 25.8 Å². The number of hydrogen-bond donors (Lipinski definition) is 1. The fourth-order valence-electron chi connectivity index (χ4n) is 4.50. The third kappa shape index (κ3) is 6.86. The van der Waals surface area contributed by atoms with Gasteiger partial charge < -0.3 is 19.3 Å². The second-order valence-corrected chi connectivity index (χ2v) is 10.9. The summed E-state index contributed by atoms with van der Waals surface area (Å²) < 4.78 is 32.1. The molecule has 198 valence electrons. The Morgan fingerprint density at radius 2 is 1.76 bits per heavy atom. The molecule has 1 heterocycles. The molecule has 3 aromatic rings. The smallest absolute Gasteiger partial charge is 0.304 e. The molecule has 6 nitrogen and oxygen atoms in total. The predicted molar refractivity (Wildman–Crippen MR) is 141 cm³/mol. The van der Waals surface area contributed by atoms with Gasteiger partial charge in [-0.1, -0.05) is 58.9 Å². The Balaban J connectivity index is 1.97. The summed E-state index contributed by atoms with van der Waals surface area (Å²) in [4.78, 5) is 15.2. The van der Waals surface area contributed by atoms with Gasteiger partial charge in [0.25, 0.3) is 0 Å². The Morgan fingerprint density at radius 3 is 2.38 bits per heavy atom. The van der Waals surface area contributed by atoms with Crippen molar-refractivity contribution >= 4 is 5.97 Å². The van der Waals surface area contributed by atoms with E-state index in [0.717, 1.165) is 22.9 Å². The lowest BCUT2D eigenvalue weighted by molar-refractivity contribution is -0.138. The molecule has 0 aliphatic carbocycles. The Labute approximate surface area is 218 Å². The van der Waals surface area contributed by atoms with Crippen LogP contribution < -0.4 is 9.47 Å². The fraction of sp³-hybridized carbons (Fsp3) is 0.400. The van der Waals surface area contributed by atoms with Crippen molar-refractivity contribution < 1.29 is 28.5 Å². The first kappa shape index (κ1) is 28.1. The maximum absolute atomic E-state index is 14.9. The second kappa shape index (κ2) is 11.3. The van der Waals surface area contributed by atoms with E-state index in [9.17, 15) is 14.3 Å². The second-order valence-electron chi connectivity index (χ2n) is 10.9. The van der Waals surface area contributed by atoms with Crippen molar-refractivity contribution in [3.63, 3.8) is 0 Å². The monoisotopic (exact) mass is 509 g/mol. The van der Waals surface area contributed by atoms with Crippen LogP contribution in [0.15, 0.2) is 54.7 Å². The summed E-state index contributed by atoms with van der Waals surface area (Å²) in [6.45, 7) is 10.3. The van der Waals surface area contributed by atoms with Gasteiger partial charge in [0.15, 0.2) is 0 Å². The van der Waals surface area contributed by atoms with Crippen molar-refractivity contribution in [3.05, 3.63) is 77.2 Å². The van der Waals surface area contributed by atoms with Gasteiger partial charge in [-0.2, -0.15) is 0 Å². The number of halogens is 1. The Bertz CT molecular complexity index is 1250. The molecule has 0 spiro atoms. The molecule has 7 heteroatoms. The maximum atomic E-state index is 14.9. The van der Waals surface area contributed by atoms with Crippen molar-refractivity contribution in [1.82, 2.24) is 4.98 Å². The lowest BCUT2D eigenvalue weighted by atomic mass is 9.81. The average molecular weight is 510 g/mol. The van der Waals surface area contributed by atoms with Crippen LogP contribution in [0.2, 0.25) is 0 Å². The van der Waals surface area contributed by atoms with E-state index in [4.69, 9.17) is 14.2 Å². The number of hydrogen-bond acceptors (Lipinski definition) is 5. The maximum Gasteiger partial charge on any atom is 0.304 e. The van der Waals surface area contributed by atoms with Crippen LogP contribution in [-0.2, 0) is 21.6 Å². The summed E-state index contributed by atoms with van der Waals surface area (Å²) in [5.74, 6) is -0.329. The lowest BCUT2D eigenvalue weighted by Crippen LogP contribution is -2.21. The minimum Gasteiger partial charge on any atom is -0.489 e. The van der Waals surface area contributed by atoms with Crippen molar-refractivity contribution in [1.29, 1.82) is 0 Å². The standard InChI is InChI=1S/C30H36FNO5/c1-29(2,3)28(36-7)24-13-19(11-12-22(24)23-15-26(35-6)32-17-25(23)31)18-37-21-10-8-9-20(14-21)30(4,5)16-27(33)34/h8-15,17,28H,16,18H2,1-7H3,(H,33,34)/t28-/m1/s1. The number of ether oxygens (including phenoxy) is 3. The largest absolute Gasteiger partial charge is 0.489 e. The molecule has 0 unspecified atom stereocenters. The summed E-state index contributed by atoms with van der Waals surface area (Å²) in [7, 11) is 3.15. The highest BCUT2D eigenvalue weighted by atomic mass is 19.1. The third-order valence-corrected chi connectivity index (χ3v) is 6.36. The molecule has 2 aromatic carbocycles. The first-order chi connectivity index (χ1) is 17.4. The molecule has 0 aliphatic heterocycles. The van der Waals surface area contributed by atoms with Gasteiger partial charge in [0.05, 0.1) is 25.8 Å². The van der Waals surface area contributed by atoms with Crippen LogP contribution in [0, 0.1) is 11.2 Å². The summed E-state index contributed by atoms with van der Waals surface area (Å²) in [5, 5.41) is 9.26. The fourth-order valence-corrected chi connectivity index (χ4v) is 4.50. The van der Waals surface area contributed by atoms with Gasteiger partial charge in [0.1, 0.15) is 18.2 Å². The minimum absolute atomic E-state index is 0.0167. The van der Waals surface area contributed by atoms with Gasteiger partial charge in [-0.05, 0) is 45.9 Å². The average Bonchev–Trinajstić information content (AvgIpc) is 2.82. The predicted octanol–water partition coefficient (Wildman–Crippen LogP) is 6.96. The number of methoxy groups -OCH3 is 2. The first-order valence-corrected chi connectivity index (χ1v) is 12.2. The molecule has 0 saturated carbocycles. The van der Waals surface area contributed by atoms with Crippen LogP contribution in [-0.4, -0.2) is 30.3 Å². The van der Waals surface area contributed by atoms with Gasteiger partial charge in [-0.25, -0.2) is 9.37 Å². The molecule has 0 fully saturated rings. The number of aromatic nitrogens is 1. The van der Waals surface area contributed by atoms with E-state index >= 15 is 0 Å². The van der Waals surface area contributed by atoms with Crippen molar-refractivity contribution in [2.45, 2.75) is 59.2 Å². The molecule has 0 bridgehead atoms. The van der Waals surface area contributed by atoms with Crippen molar-refractivity contribution in [3.8, 4) is 22.8 Å². The SMILES string of the molecule is COc1cc(-c2ccc(COc3cccc(C(C)(C)CC(=O)O)c3)cc2[C@@H](OC)C(C)(C)C)c(F)cn1. The van der Waals surface area contributed by atoms with E-state index in [0.29, 0.717) is 22.8 Å². The Hall–Kier alpha value is -3.45. The summed E-state index contributed by atoms with van der Waals surface area (Å²) in [6.07, 6.45) is 0.858. The van der Waals surface area contributed by atoms with Gasteiger partial charge in [0.2, 0.25) is 5.88 Å². The van der Waals surface area contributed by atoms with Gasteiger partial charge in [0, 0.05) is 24.2 Å². The molecule has 1 N–H and O–H groups in total. The number of nitrogens with zero attached hydrogens (tertiary/aromatic N) is 1. The number of carboxylic acid groups (broad SMARTS) is 1. The molecule has 0 amide bonds. The number of carbonyl (C=O) groups is 1. The number of aliphatic carboxylic acids is 1. The van der Waals surface area contributed by atoms with E-state index < -0.39 is 17.2 Å². The van der Waals surface area contributed by atoms with Crippen LogP contribution in [0.4, 0.5) is 4.39 Å². The molecule has 3 rings (SSSR count). The van der Waals surface area contributed by atoms with Gasteiger partial charge in [-0.15, -0.1) is 0 Å². The zero-order valence-corrected chi connectivity index (χ0v) is 22.6. The summed E-state index contributed by atoms with van der Waals surface area (Å²) in [5.41, 5.74) is 2.89. The first-order valence-electron chi connectivity index (χ1n) is 12.2. The zero-order chi connectivity index (χ0) is 27.4. The lowest BCUT2D eigenvalue weighted by Gasteiger charge is -2.32. The highest BCUT2D eigenvalue weighted by Crippen LogP contribution is 2.42. The molecule has 1 aromatic heterocycles. The third-order valence-electron chi connectivity index (χ3n) is 6.36. The van der Waals surface area contributed by atoms with Crippen LogP contribution >= 0.6 is 0 Å². The topological polar surface area (TPSA) is 77.9 Å². The molecule has 0 saturated heterocycles. The molecule has 1 atom stereocenters. The molecule has 37 heavy (non-hydrogen) atoms. The highest BCUT2D eigenvalue weighted by molar-refractivity contribution is 5.70. The zero-order valence-electron chi connectivity index (χ0n) is 22.6. The Morgan fingerprint density at radius 1 is 1.03 bits per heavy atom. The van der Waals surface area contributed by atoms with Crippen molar-refractivity contribution in [2.24, 2.45) is 5.41 Å². The quantitative estimate of drug-likeness (QED) is 0.318. The summed E-state index contributed by atoms with van der Waals surface area (Å²) >= 11 is 0. The van der Waals surface area contributed by atoms with Crippen molar-refractivity contribution in [2.75, 3.05) is 14.2 Å². The van der Waals surface area contributed by atoms with E-state index in [-0.39, 0.29) is 24.5 Å². The van der Waals surface area contributed by atoms with Crippen LogP contribution in [0.25, 0.3) is 11.1 Å². The van der Waals surface area contributed by atoms with Crippen LogP contribution in [0.1, 0.15) is 63.8 Å². The molecule has 0 aliphatic rings. The van der Waals surface area contributed by atoms with E-state index in [1.807, 2.05) is 56.3 Å². The molecule has 0 radical (unpaired) electrons.